The molecule has 0 fully saturated rings. The van der Waals surface area contributed by atoms with Crippen LogP contribution < -0.4 is 5.32 Å². The van der Waals surface area contributed by atoms with E-state index < -0.39 is 5.91 Å². The van der Waals surface area contributed by atoms with E-state index in [1.54, 1.807) is 0 Å². The van der Waals surface area contributed by atoms with Crippen LogP contribution in [-0.2, 0) is 35.6 Å². The van der Waals surface area contributed by atoms with Crippen LogP contribution in [0.4, 0.5) is 0 Å². The second-order valence-corrected chi connectivity index (χ2v) is 7.07. The fourth-order valence-electron chi connectivity index (χ4n) is 3.47. The van der Waals surface area contributed by atoms with Gasteiger partial charge < -0.3 is 5.32 Å². The van der Waals surface area contributed by atoms with Gasteiger partial charge in [-0.2, -0.15) is 5.10 Å². The lowest BCUT2D eigenvalue weighted by atomic mass is 10.1. The molecular formula is C21H28N4O2. The summed E-state index contributed by atoms with van der Waals surface area (Å²) in [5.74, 6) is -0.907. The number of rotatable bonds is 8. The standard InChI is InChI=1S/C21H28N4O2/c1-2-11-24-12-6-13-25-19(16-24)14-18(23-25)15-22-21(27)20(26)10-9-17-7-4-3-5-8-17/h3-5,7-8,14H,2,6,9-13,15-16H2,1H3,(H,22,27). The van der Waals surface area contributed by atoms with Gasteiger partial charge in [0.1, 0.15) is 0 Å². The summed E-state index contributed by atoms with van der Waals surface area (Å²) in [6, 6.07) is 11.8. The van der Waals surface area contributed by atoms with Gasteiger partial charge in [-0.3, -0.25) is 19.2 Å². The fourth-order valence-corrected chi connectivity index (χ4v) is 3.47. The van der Waals surface area contributed by atoms with Crippen molar-refractivity contribution < 1.29 is 9.59 Å². The number of aromatic nitrogens is 2. The molecule has 1 aliphatic rings. The lowest BCUT2D eigenvalue weighted by molar-refractivity contribution is -0.138. The van der Waals surface area contributed by atoms with Crippen LogP contribution in [0.2, 0.25) is 0 Å². The van der Waals surface area contributed by atoms with E-state index in [4.69, 9.17) is 0 Å². The van der Waals surface area contributed by atoms with Crippen LogP contribution in [0.15, 0.2) is 36.4 Å². The van der Waals surface area contributed by atoms with Gasteiger partial charge in [0, 0.05) is 26.1 Å². The molecule has 0 saturated heterocycles. The maximum absolute atomic E-state index is 12.1. The van der Waals surface area contributed by atoms with Crippen molar-refractivity contribution in [3.63, 3.8) is 0 Å². The zero-order valence-corrected chi connectivity index (χ0v) is 16.0. The molecule has 0 atom stereocenters. The first-order valence-corrected chi connectivity index (χ1v) is 9.78. The minimum Gasteiger partial charge on any atom is -0.344 e. The van der Waals surface area contributed by atoms with Gasteiger partial charge in [-0.05, 0) is 37.4 Å². The SMILES string of the molecule is CCCN1CCCn2nc(CNC(=O)C(=O)CCc3ccccc3)cc2C1. The van der Waals surface area contributed by atoms with Crippen molar-refractivity contribution in [3.8, 4) is 0 Å². The third-order valence-corrected chi connectivity index (χ3v) is 4.85. The van der Waals surface area contributed by atoms with Crippen molar-refractivity contribution in [3.05, 3.63) is 53.3 Å². The number of hydrogen-bond acceptors (Lipinski definition) is 4. The fraction of sp³-hybridized carbons (Fsp3) is 0.476. The topological polar surface area (TPSA) is 67.2 Å². The number of carbonyl (C=O) groups excluding carboxylic acids is 2. The summed E-state index contributed by atoms with van der Waals surface area (Å²) < 4.78 is 2.04. The highest BCUT2D eigenvalue weighted by Gasteiger charge is 2.17. The minimum absolute atomic E-state index is 0.224. The molecule has 1 aliphatic heterocycles. The van der Waals surface area contributed by atoms with E-state index in [0.29, 0.717) is 13.0 Å². The number of carbonyl (C=O) groups is 2. The van der Waals surface area contributed by atoms with Crippen molar-refractivity contribution in [2.45, 2.75) is 52.2 Å². The molecule has 3 rings (SSSR count). The van der Waals surface area contributed by atoms with Crippen molar-refractivity contribution in [2.24, 2.45) is 0 Å². The van der Waals surface area contributed by atoms with Crippen LogP contribution in [0.5, 0.6) is 0 Å². The third-order valence-electron chi connectivity index (χ3n) is 4.85. The Hall–Kier alpha value is -2.47. The molecule has 1 amide bonds. The summed E-state index contributed by atoms with van der Waals surface area (Å²) in [6.07, 6.45) is 3.03. The summed E-state index contributed by atoms with van der Waals surface area (Å²) in [6.45, 7) is 6.47. The van der Waals surface area contributed by atoms with Crippen LogP contribution >= 0.6 is 0 Å². The smallest absolute Gasteiger partial charge is 0.287 e. The molecule has 2 aromatic rings. The largest absolute Gasteiger partial charge is 0.344 e. The number of ketones is 1. The lowest BCUT2D eigenvalue weighted by Crippen LogP contribution is -2.31. The maximum atomic E-state index is 12.1. The third kappa shape index (κ3) is 5.50. The van der Waals surface area contributed by atoms with E-state index in [2.05, 4.69) is 22.2 Å². The normalized spacial score (nSPS) is 14.4. The zero-order valence-electron chi connectivity index (χ0n) is 16.0. The number of Topliss-reactive ketones (excluding diaryl/α,β-unsaturated/α-hetero) is 1. The molecule has 144 valence electrons. The molecule has 0 radical (unpaired) electrons. The van der Waals surface area contributed by atoms with E-state index in [-0.39, 0.29) is 12.2 Å². The summed E-state index contributed by atoms with van der Waals surface area (Å²) in [7, 11) is 0. The molecule has 0 aliphatic carbocycles. The molecule has 0 saturated carbocycles. The van der Waals surface area contributed by atoms with E-state index in [9.17, 15) is 9.59 Å². The first kappa shape index (κ1) is 19.3. The lowest BCUT2D eigenvalue weighted by Gasteiger charge is -2.17. The molecule has 27 heavy (non-hydrogen) atoms. The summed E-state index contributed by atoms with van der Waals surface area (Å²) in [5, 5.41) is 7.31. The van der Waals surface area contributed by atoms with E-state index in [1.165, 1.54) is 5.69 Å². The predicted molar refractivity (Wildman–Crippen MR) is 104 cm³/mol. The second kappa shape index (κ2) is 9.46. The Bertz CT molecular complexity index is 770. The van der Waals surface area contributed by atoms with E-state index >= 15 is 0 Å². The highest BCUT2D eigenvalue weighted by molar-refractivity contribution is 6.36. The highest BCUT2D eigenvalue weighted by Crippen LogP contribution is 2.14. The number of hydrogen-bond donors (Lipinski definition) is 1. The Balaban J connectivity index is 1.49. The molecular weight excluding hydrogens is 340 g/mol. The van der Waals surface area contributed by atoms with Crippen molar-refractivity contribution in [1.29, 1.82) is 0 Å². The Morgan fingerprint density at radius 1 is 1.19 bits per heavy atom. The quantitative estimate of drug-likeness (QED) is 0.726. The number of benzene rings is 1. The van der Waals surface area contributed by atoms with Crippen molar-refractivity contribution in [2.75, 3.05) is 13.1 Å². The summed E-state index contributed by atoms with van der Waals surface area (Å²) >= 11 is 0. The van der Waals surface area contributed by atoms with Gasteiger partial charge in [0.2, 0.25) is 5.78 Å². The van der Waals surface area contributed by atoms with E-state index in [0.717, 1.165) is 50.3 Å². The van der Waals surface area contributed by atoms with Crippen molar-refractivity contribution in [1.82, 2.24) is 20.0 Å². The van der Waals surface area contributed by atoms with Gasteiger partial charge in [-0.25, -0.2) is 0 Å². The number of nitrogens with zero attached hydrogens (tertiary/aromatic N) is 3. The van der Waals surface area contributed by atoms with Crippen LogP contribution in [0.3, 0.4) is 0 Å². The van der Waals surface area contributed by atoms with Gasteiger partial charge in [-0.1, -0.05) is 37.3 Å². The molecule has 0 unspecified atom stereocenters. The monoisotopic (exact) mass is 368 g/mol. The Morgan fingerprint density at radius 2 is 2.00 bits per heavy atom. The predicted octanol–water partition coefficient (Wildman–Crippen LogP) is 2.32. The molecule has 1 aromatic heterocycles. The number of aryl methyl sites for hydroxylation is 2. The number of fused-ring (bicyclic) bond motifs is 1. The van der Waals surface area contributed by atoms with Crippen LogP contribution in [0.1, 0.15) is 43.1 Å². The minimum atomic E-state index is -0.526. The Morgan fingerprint density at radius 3 is 2.78 bits per heavy atom. The van der Waals surface area contributed by atoms with Gasteiger partial charge >= 0.3 is 0 Å². The average molecular weight is 368 g/mol. The van der Waals surface area contributed by atoms with Crippen LogP contribution in [0.25, 0.3) is 0 Å². The number of amides is 1. The summed E-state index contributed by atoms with van der Waals surface area (Å²) in [5.41, 5.74) is 3.06. The first-order chi connectivity index (χ1) is 13.2. The molecule has 1 aromatic carbocycles. The first-order valence-electron chi connectivity index (χ1n) is 9.78. The Kier molecular flexibility index (Phi) is 6.76. The van der Waals surface area contributed by atoms with E-state index in [1.807, 2.05) is 41.1 Å². The van der Waals surface area contributed by atoms with Crippen LogP contribution in [-0.4, -0.2) is 39.5 Å². The molecule has 0 bridgehead atoms. The van der Waals surface area contributed by atoms with Crippen molar-refractivity contribution >= 4 is 11.7 Å². The van der Waals surface area contributed by atoms with Gasteiger partial charge in [0.25, 0.3) is 5.91 Å². The molecule has 1 N–H and O–H groups in total. The second-order valence-electron chi connectivity index (χ2n) is 7.07. The van der Waals surface area contributed by atoms with Gasteiger partial charge in [-0.15, -0.1) is 0 Å². The maximum Gasteiger partial charge on any atom is 0.287 e. The summed E-state index contributed by atoms with van der Waals surface area (Å²) in [4.78, 5) is 26.6. The Labute approximate surface area is 160 Å². The zero-order chi connectivity index (χ0) is 19.1. The average Bonchev–Trinajstić information content (AvgIpc) is 2.97. The molecule has 2 heterocycles. The molecule has 6 heteroatoms. The van der Waals surface area contributed by atoms with Gasteiger partial charge in [0.05, 0.1) is 17.9 Å². The molecule has 6 nitrogen and oxygen atoms in total. The molecule has 0 spiro atoms. The highest BCUT2D eigenvalue weighted by atomic mass is 16.2. The van der Waals surface area contributed by atoms with Crippen LogP contribution in [0, 0.1) is 0 Å². The number of nitrogens with one attached hydrogen (secondary N) is 1. The van der Waals surface area contributed by atoms with Gasteiger partial charge in [0.15, 0.2) is 0 Å².